The maximum absolute atomic E-state index is 12.7. The van der Waals surface area contributed by atoms with Gasteiger partial charge in [-0.1, -0.05) is 11.8 Å². The Kier molecular flexibility index (Phi) is 5.23. The number of alkyl halides is 2. The van der Waals surface area contributed by atoms with E-state index < -0.39 is 5.76 Å². The Morgan fingerprint density at radius 3 is 2.88 bits per heavy atom. The molecule has 0 spiro atoms. The Hall–Kier alpha value is -1.52. The van der Waals surface area contributed by atoms with Gasteiger partial charge in [0.2, 0.25) is 0 Å². The molecule has 0 bridgehead atoms. The zero-order valence-corrected chi connectivity index (χ0v) is 15.7. The first kappa shape index (κ1) is 17.9. The van der Waals surface area contributed by atoms with E-state index >= 15 is 0 Å². The molecule has 140 valence electrons. The maximum atomic E-state index is 12.7. The molecule has 1 N–H and O–H groups in total. The van der Waals surface area contributed by atoms with Gasteiger partial charge >= 0.3 is 0 Å². The molecule has 0 radical (unpaired) electrons. The molecule has 0 saturated carbocycles. The third-order valence-electron chi connectivity index (χ3n) is 4.84. The average Bonchev–Trinajstić information content (AvgIpc) is 3.27. The smallest absolute Gasteiger partial charge is 0.288 e. The van der Waals surface area contributed by atoms with Crippen LogP contribution in [0.15, 0.2) is 16.3 Å². The highest BCUT2D eigenvalue weighted by molar-refractivity contribution is 7.99. The lowest BCUT2D eigenvalue weighted by Crippen LogP contribution is -2.38. The summed E-state index contributed by atoms with van der Waals surface area (Å²) in [4.78, 5) is 15.3. The molecule has 10 heteroatoms. The van der Waals surface area contributed by atoms with Gasteiger partial charge in [0.25, 0.3) is 11.7 Å². The molecule has 0 aromatic carbocycles. The van der Waals surface area contributed by atoms with Gasteiger partial charge in [0, 0.05) is 37.0 Å². The summed E-state index contributed by atoms with van der Waals surface area (Å²) in [6.07, 6.45) is 1.64. The minimum Gasteiger partial charge on any atom is -0.338 e. The van der Waals surface area contributed by atoms with Gasteiger partial charge in [-0.3, -0.25) is 4.79 Å². The highest BCUT2D eigenvalue weighted by Crippen LogP contribution is 2.34. The van der Waals surface area contributed by atoms with Gasteiger partial charge in [0.05, 0.1) is 6.54 Å². The SMILES string of the molecule is O=C(c1sccc1SC(F)F)N1CCC(c2nnc3n2CCNC3)CC1. The van der Waals surface area contributed by atoms with Gasteiger partial charge in [-0.15, -0.1) is 21.5 Å². The molecule has 1 saturated heterocycles. The number of carbonyl (C=O) groups excluding carboxylic acids is 1. The summed E-state index contributed by atoms with van der Waals surface area (Å²) in [6.45, 7) is 3.76. The summed E-state index contributed by atoms with van der Waals surface area (Å²) < 4.78 is 27.5. The topological polar surface area (TPSA) is 63.1 Å². The second-order valence-electron chi connectivity index (χ2n) is 6.36. The molecule has 2 aliphatic heterocycles. The molecular weight excluding hydrogens is 380 g/mol. The molecule has 0 aliphatic carbocycles. The number of hydrogen-bond donors (Lipinski definition) is 1. The summed E-state index contributed by atoms with van der Waals surface area (Å²) >= 11 is 1.67. The number of hydrogen-bond acceptors (Lipinski definition) is 6. The number of carbonyl (C=O) groups is 1. The molecule has 2 aromatic rings. The first-order valence-corrected chi connectivity index (χ1v) is 10.3. The van der Waals surface area contributed by atoms with E-state index in [9.17, 15) is 13.6 Å². The van der Waals surface area contributed by atoms with Crippen LogP contribution in [0.1, 0.15) is 40.1 Å². The van der Waals surface area contributed by atoms with Crippen molar-refractivity contribution in [3.05, 3.63) is 28.0 Å². The third-order valence-corrected chi connectivity index (χ3v) is 6.64. The van der Waals surface area contributed by atoms with Crippen LogP contribution in [0, 0.1) is 0 Å². The standard InChI is InChI=1S/C16H19F2N5OS2/c17-16(18)26-11-3-8-25-13(11)15(24)22-5-1-10(2-6-22)14-21-20-12-9-19-4-7-23(12)14/h3,8,10,16,19H,1-2,4-7,9H2. The molecule has 4 heterocycles. The third kappa shape index (κ3) is 3.49. The van der Waals surface area contributed by atoms with E-state index in [0.29, 0.717) is 34.6 Å². The number of nitrogens with zero attached hydrogens (tertiary/aromatic N) is 4. The average molecular weight is 399 g/mol. The first-order valence-electron chi connectivity index (χ1n) is 8.57. The van der Waals surface area contributed by atoms with Crippen molar-refractivity contribution in [1.29, 1.82) is 0 Å². The number of nitrogens with one attached hydrogen (secondary N) is 1. The fourth-order valence-electron chi connectivity index (χ4n) is 3.54. The molecule has 2 aliphatic rings. The number of piperidine rings is 1. The Morgan fingerprint density at radius 1 is 1.31 bits per heavy atom. The molecule has 0 unspecified atom stereocenters. The largest absolute Gasteiger partial charge is 0.338 e. The van der Waals surface area contributed by atoms with Crippen molar-refractivity contribution in [3.63, 3.8) is 0 Å². The first-order chi connectivity index (χ1) is 12.6. The van der Waals surface area contributed by atoms with Gasteiger partial charge in [0.15, 0.2) is 0 Å². The van der Waals surface area contributed by atoms with Crippen LogP contribution in [0.3, 0.4) is 0 Å². The zero-order chi connectivity index (χ0) is 18.1. The summed E-state index contributed by atoms with van der Waals surface area (Å²) in [5.74, 6) is -0.392. The number of thiophene rings is 1. The Morgan fingerprint density at radius 2 is 2.12 bits per heavy atom. The van der Waals surface area contributed by atoms with Crippen molar-refractivity contribution < 1.29 is 13.6 Å². The van der Waals surface area contributed by atoms with Crippen molar-refractivity contribution in [2.45, 2.75) is 42.5 Å². The molecule has 26 heavy (non-hydrogen) atoms. The Balaban J connectivity index is 1.42. The predicted molar refractivity (Wildman–Crippen MR) is 95.8 cm³/mol. The van der Waals surface area contributed by atoms with Crippen molar-refractivity contribution in [1.82, 2.24) is 25.0 Å². The molecule has 1 fully saturated rings. The number of fused-ring (bicyclic) bond motifs is 1. The summed E-state index contributed by atoms with van der Waals surface area (Å²) in [7, 11) is 0. The van der Waals surface area contributed by atoms with Crippen molar-refractivity contribution in [2.24, 2.45) is 0 Å². The van der Waals surface area contributed by atoms with Gasteiger partial charge in [-0.05, 0) is 24.3 Å². The lowest BCUT2D eigenvalue weighted by molar-refractivity contribution is 0.0712. The number of rotatable bonds is 4. The van der Waals surface area contributed by atoms with E-state index in [0.717, 1.165) is 44.1 Å². The Labute approximate surface area is 158 Å². The zero-order valence-electron chi connectivity index (χ0n) is 14.0. The van der Waals surface area contributed by atoms with E-state index in [2.05, 4.69) is 20.1 Å². The normalized spacial score (nSPS) is 18.3. The highest BCUT2D eigenvalue weighted by Gasteiger charge is 2.30. The van der Waals surface area contributed by atoms with Crippen molar-refractivity contribution in [2.75, 3.05) is 19.6 Å². The van der Waals surface area contributed by atoms with Gasteiger partial charge < -0.3 is 14.8 Å². The van der Waals surface area contributed by atoms with E-state index in [4.69, 9.17) is 0 Å². The van der Waals surface area contributed by atoms with Crippen LogP contribution < -0.4 is 5.32 Å². The number of amides is 1. The second kappa shape index (κ2) is 7.61. The van der Waals surface area contributed by atoms with E-state index in [1.165, 1.54) is 11.3 Å². The molecular formula is C16H19F2N5OS2. The fraction of sp³-hybridized carbons (Fsp3) is 0.562. The van der Waals surface area contributed by atoms with Crippen LogP contribution in [-0.2, 0) is 13.1 Å². The van der Waals surface area contributed by atoms with Crippen LogP contribution >= 0.6 is 23.1 Å². The number of aromatic nitrogens is 3. The summed E-state index contributed by atoms with van der Waals surface area (Å²) in [5, 5.41) is 13.6. The molecule has 6 nitrogen and oxygen atoms in total. The quantitative estimate of drug-likeness (QED) is 0.801. The van der Waals surface area contributed by atoms with E-state index in [1.54, 1.807) is 16.3 Å². The van der Waals surface area contributed by atoms with Crippen LogP contribution in [0.2, 0.25) is 0 Å². The molecule has 2 aromatic heterocycles. The van der Waals surface area contributed by atoms with Gasteiger partial charge in [0.1, 0.15) is 16.5 Å². The Bertz CT molecular complexity index is 785. The maximum Gasteiger partial charge on any atom is 0.288 e. The van der Waals surface area contributed by atoms with E-state index in [-0.39, 0.29) is 11.8 Å². The molecule has 4 rings (SSSR count). The lowest BCUT2D eigenvalue weighted by atomic mass is 9.95. The molecule has 1 amide bonds. The monoisotopic (exact) mass is 399 g/mol. The van der Waals surface area contributed by atoms with Gasteiger partial charge in [-0.2, -0.15) is 8.78 Å². The second-order valence-corrected chi connectivity index (χ2v) is 8.31. The minimum absolute atomic E-state index is 0.144. The van der Waals surface area contributed by atoms with Crippen LogP contribution in [0.5, 0.6) is 0 Å². The highest BCUT2D eigenvalue weighted by atomic mass is 32.2. The number of likely N-dealkylation sites (tertiary alicyclic amines) is 1. The molecule has 0 atom stereocenters. The number of halogens is 2. The van der Waals surface area contributed by atoms with Crippen molar-refractivity contribution in [3.8, 4) is 0 Å². The summed E-state index contributed by atoms with van der Waals surface area (Å²) in [6, 6.07) is 1.60. The van der Waals surface area contributed by atoms with Gasteiger partial charge in [-0.25, -0.2) is 0 Å². The minimum atomic E-state index is -2.52. The van der Waals surface area contributed by atoms with Crippen molar-refractivity contribution >= 4 is 29.0 Å². The van der Waals surface area contributed by atoms with Crippen LogP contribution in [0.25, 0.3) is 0 Å². The predicted octanol–water partition coefficient (Wildman–Crippen LogP) is 2.78. The number of thioether (sulfide) groups is 1. The lowest BCUT2D eigenvalue weighted by Gasteiger charge is -2.32. The van der Waals surface area contributed by atoms with Crippen LogP contribution in [-0.4, -0.2) is 51.0 Å². The van der Waals surface area contributed by atoms with Crippen LogP contribution in [0.4, 0.5) is 8.78 Å². The summed E-state index contributed by atoms with van der Waals surface area (Å²) in [5.41, 5.74) is 0. The van der Waals surface area contributed by atoms with E-state index in [1.807, 2.05) is 0 Å². The fourth-order valence-corrected chi connectivity index (χ4v) is 5.21.